The number of aliphatic carboxylic acids is 1. The van der Waals surface area contributed by atoms with Gasteiger partial charge in [-0.1, -0.05) is 13.0 Å². The van der Waals surface area contributed by atoms with Gasteiger partial charge in [0.15, 0.2) is 12.9 Å². The molecular formula is C11H12O4. The third-order valence-electron chi connectivity index (χ3n) is 1.96. The van der Waals surface area contributed by atoms with Crippen molar-refractivity contribution in [2.24, 2.45) is 0 Å². The highest BCUT2D eigenvalue weighted by atomic mass is 16.5. The maximum Gasteiger partial charge on any atom is 0.341 e. The SMILES string of the molecule is CCc1ccc(OCC(=O)O)c(C=O)c1. The van der Waals surface area contributed by atoms with Crippen molar-refractivity contribution in [1.82, 2.24) is 0 Å². The number of carboxylic acid groups (broad SMARTS) is 1. The van der Waals surface area contributed by atoms with E-state index >= 15 is 0 Å². The molecule has 0 unspecified atom stereocenters. The first kappa shape index (κ1) is 11.2. The summed E-state index contributed by atoms with van der Waals surface area (Å²) in [6.07, 6.45) is 1.48. The van der Waals surface area contributed by atoms with E-state index in [1.807, 2.05) is 13.0 Å². The molecule has 4 nitrogen and oxygen atoms in total. The average molecular weight is 208 g/mol. The predicted octanol–water partition coefficient (Wildman–Crippen LogP) is 1.52. The number of rotatable bonds is 5. The Morgan fingerprint density at radius 2 is 2.27 bits per heavy atom. The fraction of sp³-hybridized carbons (Fsp3) is 0.273. The number of carbonyl (C=O) groups is 2. The molecular weight excluding hydrogens is 196 g/mol. The van der Waals surface area contributed by atoms with E-state index in [9.17, 15) is 9.59 Å². The summed E-state index contributed by atoms with van der Waals surface area (Å²) in [6.45, 7) is 1.54. The molecule has 0 aliphatic rings. The van der Waals surface area contributed by atoms with Gasteiger partial charge in [0.25, 0.3) is 0 Å². The van der Waals surface area contributed by atoms with Crippen LogP contribution in [0.1, 0.15) is 22.8 Å². The van der Waals surface area contributed by atoms with E-state index in [4.69, 9.17) is 9.84 Å². The predicted molar refractivity (Wildman–Crippen MR) is 54.3 cm³/mol. The molecule has 0 heterocycles. The van der Waals surface area contributed by atoms with Crippen molar-refractivity contribution in [1.29, 1.82) is 0 Å². The molecule has 1 aromatic rings. The number of carboxylic acids is 1. The van der Waals surface area contributed by atoms with E-state index < -0.39 is 12.6 Å². The van der Waals surface area contributed by atoms with Gasteiger partial charge in [0.2, 0.25) is 0 Å². The van der Waals surface area contributed by atoms with Crippen LogP contribution < -0.4 is 4.74 Å². The van der Waals surface area contributed by atoms with E-state index in [2.05, 4.69) is 0 Å². The number of hydrogen-bond acceptors (Lipinski definition) is 3. The van der Waals surface area contributed by atoms with Crippen LogP contribution >= 0.6 is 0 Å². The lowest BCUT2D eigenvalue weighted by molar-refractivity contribution is -0.139. The molecule has 0 radical (unpaired) electrons. The number of ether oxygens (including phenoxy) is 1. The van der Waals surface area contributed by atoms with Crippen LogP contribution in [0.5, 0.6) is 5.75 Å². The summed E-state index contributed by atoms with van der Waals surface area (Å²) < 4.78 is 4.96. The smallest absolute Gasteiger partial charge is 0.341 e. The maximum atomic E-state index is 10.7. The fourth-order valence-corrected chi connectivity index (χ4v) is 1.18. The lowest BCUT2D eigenvalue weighted by Crippen LogP contribution is -2.10. The van der Waals surface area contributed by atoms with Gasteiger partial charge in [-0.2, -0.15) is 0 Å². The van der Waals surface area contributed by atoms with E-state index in [1.54, 1.807) is 12.1 Å². The van der Waals surface area contributed by atoms with Crippen molar-refractivity contribution >= 4 is 12.3 Å². The van der Waals surface area contributed by atoms with Crippen LogP contribution in [0.2, 0.25) is 0 Å². The highest BCUT2D eigenvalue weighted by molar-refractivity contribution is 5.80. The van der Waals surface area contributed by atoms with E-state index in [-0.39, 0.29) is 0 Å². The Hall–Kier alpha value is -1.84. The van der Waals surface area contributed by atoms with Gasteiger partial charge in [0.05, 0.1) is 5.56 Å². The first-order chi connectivity index (χ1) is 7.17. The Morgan fingerprint density at radius 3 is 2.80 bits per heavy atom. The minimum absolute atomic E-state index is 0.310. The fourth-order valence-electron chi connectivity index (χ4n) is 1.18. The summed E-state index contributed by atoms with van der Waals surface area (Å²) >= 11 is 0. The first-order valence-electron chi connectivity index (χ1n) is 4.60. The summed E-state index contributed by atoms with van der Waals surface area (Å²) in [7, 11) is 0. The molecule has 0 atom stereocenters. The molecule has 0 saturated carbocycles. The minimum Gasteiger partial charge on any atom is -0.481 e. The molecule has 1 aromatic carbocycles. The number of hydrogen-bond donors (Lipinski definition) is 1. The van der Waals surface area contributed by atoms with E-state index in [0.717, 1.165) is 12.0 Å². The number of aryl methyl sites for hydroxylation is 1. The van der Waals surface area contributed by atoms with Crippen LogP contribution in [-0.4, -0.2) is 24.0 Å². The number of carbonyl (C=O) groups excluding carboxylic acids is 1. The van der Waals surface area contributed by atoms with Crippen molar-refractivity contribution < 1.29 is 19.4 Å². The van der Waals surface area contributed by atoms with Crippen molar-refractivity contribution in [3.63, 3.8) is 0 Å². The van der Waals surface area contributed by atoms with Gasteiger partial charge in [-0.15, -0.1) is 0 Å². The molecule has 0 saturated heterocycles. The third kappa shape index (κ3) is 3.09. The van der Waals surface area contributed by atoms with Crippen molar-refractivity contribution in [3.8, 4) is 5.75 Å². The van der Waals surface area contributed by atoms with Crippen LogP contribution in [0.25, 0.3) is 0 Å². The highest BCUT2D eigenvalue weighted by Crippen LogP contribution is 2.18. The molecule has 0 aliphatic heterocycles. The number of benzene rings is 1. The van der Waals surface area contributed by atoms with Crippen LogP contribution in [0.3, 0.4) is 0 Å². The quantitative estimate of drug-likeness (QED) is 0.745. The molecule has 0 amide bonds. The van der Waals surface area contributed by atoms with Crippen LogP contribution in [0.4, 0.5) is 0 Å². The zero-order valence-corrected chi connectivity index (χ0v) is 8.40. The molecule has 0 bridgehead atoms. The third-order valence-corrected chi connectivity index (χ3v) is 1.96. The molecule has 1 N–H and O–H groups in total. The Kier molecular flexibility index (Phi) is 3.85. The second-order valence-electron chi connectivity index (χ2n) is 3.03. The topological polar surface area (TPSA) is 63.6 Å². The standard InChI is InChI=1S/C11H12O4/c1-2-8-3-4-10(9(5-8)6-12)15-7-11(13)14/h3-6H,2,7H2,1H3,(H,13,14). The molecule has 0 aromatic heterocycles. The van der Waals surface area contributed by atoms with Gasteiger partial charge in [-0.25, -0.2) is 4.79 Å². The second kappa shape index (κ2) is 5.14. The van der Waals surface area contributed by atoms with Crippen molar-refractivity contribution in [2.45, 2.75) is 13.3 Å². The summed E-state index contributed by atoms with van der Waals surface area (Å²) in [6, 6.07) is 5.12. The second-order valence-corrected chi connectivity index (χ2v) is 3.03. The molecule has 15 heavy (non-hydrogen) atoms. The highest BCUT2D eigenvalue weighted by Gasteiger charge is 2.05. The Morgan fingerprint density at radius 1 is 1.53 bits per heavy atom. The zero-order chi connectivity index (χ0) is 11.3. The Labute approximate surface area is 87.5 Å². The Balaban J connectivity index is 2.87. The van der Waals surface area contributed by atoms with Crippen LogP contribution in [-0.2, 0) is 11.2 Å². The monoisotopic (exact) mass is 208 g/mol. The average Bonchev–Trinajstić information content (AvgIpc) is 2.25. The van der Waals surface area contributed by atoms with Gasteiger partial charge >= 0.3 is 5.97 Å². The molecule has 80 valence electrons. The van der Waals surface area contributed by atoms with Crippen LogP contribution in [0, 0.1) is 0 Å². The van der Waals surface area contributed by atoms with Gasteiger partial charge < -0.3 is 9.84 Å². The van der Waals surface area contributed by atoms with Gasteiger partial charge in [0.1, 0.15) is 5.75 Å². The summed E-state index contributed by atoms with van der Waals surface area (Å²) in [5, 5.41) is 8.43. The number of aldehydes is 1. The van der Waals surface area contributed by atoms with Gasteiger partial charge in [-0.05, 0) is 24.1 Å². The summed E-state index contributed by atoms with van der Waals surface area (Å²) in [5.74, 6) is -0.754. The summed E-state index contributed by atoms with van der Waals surface area (Å²) in [4.78, 5) is 21.0. The maximum absolute atomic E-state index is 10.7. The lowest BCUT2D eigenvalue weighted by atomic mass is 10.1. The van der Waals surface area contributed by atoms with Gasteiger partial charge in [0, 0.05) is 0 Å². The molecule has 0 fully saturated rings. The van der Waals surface area contributed by atoms with E-state index in [1.165, 1.54) is 0 Å². The first-order valence-corrected chi connectivity index (χ1v) is 4.60. The molecule has 0 spiro atoms. The van der Waals surface area contributed by atoms with Crippen molar-refractivity contribution in [3.05, 3.63) is 29.3 Å². The van der Waals surface area contributed by atoms with Crippen LogP contribution in [0.15, 0.2) is 18.2 Å². The Bertz CT molecular complexity index is 371. The zero-order valence-electron chi connectivity index (χ0n) is 8.40. The minimum atomic E-state index is -1.06. The molecule has 0 aliphatic carbocycles. The largest absolute Gasteiger partial charge is 0.481 e. The summed E-state index contributed by atoms with van der Waals surface area (Å²) in [5.41, 5.74) is 1.40. The van der Waals surface area contributed by atoms with E-state index in [0.29, 0.717) is 17.6 Å². The normalized spacial score (nSPS) is 9.67. The molecule has 4 heteroatoms. The molecule has 1 rings (SSSR count). The van der Waals surface area contributed by atoms with Crippen molar-refractivity contribution in [2.75, 3.05) is 6.61 Å². The van der Waals surface area contributed by atoms with Gasteiger partial charge in [-0.3, -0.25) is 4.79 Å². The lowest BCUT2D eigenvalue weighted by Gasteiger charge is -2.07.